The van der Waals surface area contributed by atoms with Crippen LogP contribution in [0.3, 0.4) is 0 Å². The van der Waals surface area contributed by atoms with E-state index in [2.05, 4.69) is 41.4 Å². The van der Waals surface area contributed by atoms with Crippen LogP contribution in [0.5, 0.6) is 0 Å². The standard InChI is InChI=1S/C15H23N5O2S.C8H9NOS.C3H6/c1-4-23(21)9-7-19-14-12(10-16)11(2)13(17)15(20-14)18-6-5-8-22-3;1-2-11(10)8-5-3-4-7(9)6-8;1-3-2/h4H,1,5-9,17H2,2-3H3,(H2,18,19,20);2-6H,1,9H2;3H,1H2,2H3. The highest BCUT2D eigenvalue weighted by Crippen LogP contribution is 2.28. The van der Waals surface area contributed by atoms with Crippen LogP contribution in [0.15, 0.2) is 65.8 Å². The van der Waals surface area contributed by atoms with E-state index in [9.17, 15) is 13.7 Å². The number of aromatic nitrogens is 1. The van der Waals surface area contributed by atoms with Gasteiger partial charge in [0, 0.05) is 59.3 Å². The number of anilines is 4. The molecule has 2 unspecified atom stereocenters. The number of nitrogen functional groups attached to an aromatic ring is 2. The van der Waals surface area contributed by atoms with E-state index in [1.165, 1.54) is 10.8 Å². The van der Waals surface area contributed by atoms with Crippen molar-refractivity contribution in [2.45, 2.75) is 25.2 Å². The van der Waals surface area contributed by atoms with Gasteiger partial charge in [-0.15, -0.1) is 6.58 Å². The zero-order valence-electron chi connectivity index (χ0n) is 21.8. The molecule has 0 spiro atoms. The first-order chi connectivity index (χ1) is 17.7. The Hall–Kier alpha value is -3.46. The van der Waals surface area contributed by atoms with Gasteiger partial charge in [-0.1, -0.05) is 25.3 Å². The van der Waals surface area contributed by atoms with Crippen LogP contribution >= 0.6 is 0 Å². The van der Waals surface area contributed by atoms with E-state index in [1.54, 1.807) is 44.4 Å². The van der Waals surface area contributed by atoms with Crippen LogP contribution in [-0.4, -0.2) is 46.0 Å². The Morgan fingerprint density at radius 1 is 1.14 bits per heavy atom. The quantitative estimate of drug-likeness (QED) is 0.173. The van der Waals surface area contributed by atoms with Crippen molar-refractivity contribution in [2.24, 2.45) is 0 Å². The van der Waals surface area contributed by atoms with Crippen molar-refractivity contribution in [3.8, 4) is 6.07 Å². The van der Waals surface area contributed by atoms with E-state index in [-0.39, 0.29) is 0 Å². The number of hydrogen-bond acceptors (Lipinski definition) is 9. The summed E-state index contributed by atoms with van der Waals surface area (Å²) in [4.78, 5) is 5.08. The number of nitriles is 1. The van der Waals surface area contributed by atoms with Gasteiger partial charge in [-0.3, -0.25) is 4.21 Å². The Labute approximate surface area is 225 Å². The first-order valence-electron chi connectivity index (χ1n) is 11.3. The van der Waals surface area contributed by atoms with Crippen LogP contribution in [0.1, 0.15) is 24.5 Å². The molecule has 0 aliphatic carbocycles. The van der Waals surface area contributed by atoms with Crippen molar-refractivity contribution < 1.29 is 13.2 Å². The molecular weight excluding hydrogens is 508 g/mol. The normalized spacial score (nSPS) is 11.2. The van der Waals surface area contributed by atoms with Gasteiger partial charge in [0.05, 0.1) is 22.1 Å². The monoisotopic (exact) mass is 546 g/mol. The summed E-state index contributed by atoms with van der Waals surface area (Å²) in [7, 11) is -0.565. The van der Waals surface area contributed by atoms with Crippen LogP contribution in [-0.2, 0) is 26.3 Å². The predicted octanol–water partition coefficient (Wildman–Crippen LogP) is 4.31. The summed E-state index contributed by atoms with van der Waals surface area (Å²) >= 11 is 0. The van der Waals surface area contributed by atoms with Gasteiger partial charge >= 0.3 is 0 Å². The molecular formula is C26H38N6O3S2. The van der Waals surface area contributed by atoms with Crippen LogP contribution in [0, 0.1) is 18.3 Å². The molecule has 202 valence electrons. The molecule has 2 aromatic rings. The Balaban J connectivity index is 0.000000765. The third-order valence-electron chi connectivity index (χ3n) is 4.45. The molecule has 0 amide bonds. The maximum Gasteiger partial charge on any atom is 0.152 e. The number of ether oxygens (including phenoxy) is 1. The molecule has 6 N–H and O–H groups in total. The Bertz CT molecular complexity index is 1120. The first-order valence-corrected chi connectivity index (χ1v) is 13.9. The maximum absolute atomic E-state index is 11.4. The number of benzene rings is 1. The third kappa shape index (κ3) is 12.9. The average molecular weight is 547 g/mol. The molecule has 11 heteroatoms. The lowest BCUT2D eigenvalue weighted by molar-refractivity contribution is 0.198. The molecule has 0 aliphatic heterocycles. The molecule has 0 radical (unpaired) electrons. The second-order valence-electron chi connectivity index (χ2n) is 7.23. The zero-order valence-corrected chi connectivity index (χ0v) is 23.4. The summed E-state index contributed by atoms with van der Waals surface area (Å²) in [5.74, 6) is 1.37. The number of nitrogens with one attached hydrogen (secondary N) is 2. The van der Waals surface area contributed by atoms with Gasteiger partial charge < -0.3 is 26.8 Å². The van der Waals surface area contributed by atoms with Crippen molar-refractivity contribution in [2.75, 3.05) is 54.7 Å². The van der Waals surface area contributed by atoms with Crippen molar-refractivity contribution in [3.05, 3.63) is 72.0 Å². The minimum atomic E-state index is -1.12. The Morgan fingerprint density at radius 3 is 2.32 bits per heavy atom. The molecule has 9 nitrogen and oxygen atoms in total. The molecule has 0 saturated heterocycles. The number of rotatable bonds is 12. The maximum atomic E-state index is 11.4. The molecule has 2 atom stereocenters. The summed E-state index contributed by atoms with van der Waals surface area (Å²) < 4.78 is 27.5. The number of pyridine rings is 1. The van der Waals surface area contributed by atoms with Gasteiger partial charge in [0.15, 0.2) is 5.82 Å². The highest BCUT2D eigenvalue weighted by Gasteiger charge is 2.15. The van der Waals surface area contributed by atoms with Gasteiger partial charge in [0.1, 0.15) is 11.9 Å². The largest absolute Gasteiger partial charge is 0.399 e. The lowest BCUT2D eigenvalue weighted by Crippen LogP contribution is -2.15. The van der Waals surface area contributed by atoms with Gasteiger partial charge in [-0.05, 0) is 49.4 Å². The van der Waals surface area contributed by atoms with Gasteiger partial charge in [0.25, 0.3) is 0 Å². The van der Waals surface area contributed by atoms with E-state index in [0.717, 1.165) is 6.42 Å². The van der Waals surface area contributed by atoms with Crippen molar-refractivity contribution in [1.29, 1.82) is 5.26 Å². The molecule has 37 heavy (non-hydrogen) atoms. The number of nitrogens with zero attached hydrogens (tertiary/aromatic N) is 2. The van der Waals surface area contributed by atoms with Crippen molar-refractivity contribution in [3.63, 3.8) is 0 Å². The summed E-state index contributed by atoms with van der Waals surface area (Å²) in [5.41, 5.74) is 13.7. The molecule has 0 saturated carbocycles. The highest BCUT2D eigenvalue weighted by molar-refractivity contribution is 7.88. The summed E-state index contributed by atoms with van der Waals surface area (Å²) in [6.07, 6.45) is 2.57. The minimum Gasteiger partial charge on any atom is -0.399 e. The number of allylic oxidation sites excluding steroid dienone is 1. The number of nitrogens with two attached hydrogens (primary N) is 2. The second-order valence-corrected chi connectivity index (χ2v) is 10.1. The fraction of sp³-hybridized carbons (Fsp3) is 0.308. The van der Waals surface area contributed by atoms with Crippen LogP contribution in [0.2, 0.25) is 0 Å². The smallest absolute Gasteiger partial charge is 0.152 e. The molecule has 1 aromatic heterocycles. The first kappa shape index (κ1) is 33.5. The molecule has 2 rings (SSSR count). The van der Waals surface area contributed by atoms with Gasteiger partial charge in [0.2, 0.25) is 0 Å². The van der Waals surface area contributed by atoms with E-state index >= 15 is 0 Å². The minimum absolute atomic E-state index is 0.398. The van der Waals surface area contributed by atoms with E-state index in [0.29, 0.717) is 64.5 Å². The highest BCUT2D eigenvalue weighted by atomic mass is 32.2. The molecule has 1 aromatic carbocycles. The van der Waals surface area contributed by atoms with Crippen molar-refractivity contribution in [1.82, 2.24) is 4.98 Å². The van der Waals surface area contributed by atoms with E-state index in [4.69, 9.17) is 16.2 Å². The average Bonchev–Trinajstić information content (AvgIpc) is 2.89. The van der Waals surface area contributed by atoms with E-state index < -0.39 is 21.6 Å². The Kier molecular flexibility index (Phi) is 17.9. The van der Waals surface area contributed by atoms with E-state index in [1.807, 2.05) is 6.92 Å². The molecule has 0 bridgehead atoms. The topological polar surface area (TPSA) is 156 Å². The fourth-order valence-electron chi connectivity index (χ4n) is 2.63. The van der Waals surface area contributed by atoms with Gasteiger partial charge in [-0.2, -0.15) is 5.26 Å². The lowest BCUT2D eigenvalue weighted by Gasteiger charge is -2.15. The second kappa shape index (κ2) is 19.7. The molecule has 0 aliphatic rings. The van der Waals surface area contributed by atoms with Crippen LogP contribution < -0.4 is 22.1 Å². The lowest BCUT2D eigenvalue weighted by atomic mass is 10.1. The molecule has 0 fully saturated rings. The summed E-state index contributed by atoms with van der Waals surface area (Å²) in [6.45, 7) is 15.7. The summed E-state index contributed by atoms with van der Waals surface area (Å²) in [5, 5.41) is 18.3. The third-order valence-corrected chi connectivity index (χ3v) is 6.45. The fourth-order valence-corrected chi connectivity index (χ4v) is 3.76. The van der Waals surface area contributed by atoms with Gasteiger partial charge in [-0.25, -0.2) is 9.19 Å². The zero-order chi connectivity index (χ0) is 28.2. The van der Waals surface area contributed by atoms with Crippen molar-refractivity contribution >= 4 is 44.6 Å². The number of methoxy groups -OCH3 is 1. The van der Waals surface area contributed by atoms with Crippen LogP contribution in [0.25, 0.3) is 0 Å². The Morgan fingerprint density at radius 2 is 1.78 bits per heavy atom. The summed E-state index contributed by atoms with van der Waals surface area (Å²) in [6, 6.07) is 9.07. The van der Waals surface area contributed by atoms with Crippen LogP contribution in [0.4, 0.5) is 23.0 Å². The predicted molar refractivity (Wildman–Crippen MR) is 158 cm³/mol. The SMILES string of the molecule is C=CC.C=CS(=O)CCNc1nc(NCCCOC)c(N)c(C)c1C#N.C=CS(=O)c1cccc(N)c1. The molecule has 1 heterocycles. The number of hydrogen-bond donors (Lipinski definition) is 4.